The van der Waals surface area contributed by atoms with Crippen LogP contribution >= 0.6 is 0 Å². The minimum atomic E-state index is -0.455. The number of para-hydroxylation sites is 2. The number of esters is 1. The summed E-state index contributed by atoms with van der Waals surface area (Å²) >= 11 is 0. The molecule has 0 saturated carbocycles. The summed E-state index contributed by atoms with van der Waals surface area (Å²) < 4.78 is 7.50. The minimum absolute atomic E-state index is 0.278. The molecule has 2 aromatic carbocycles. The molecular formula is C27H32N4O2. The Kier molecular flexibility index (Phi) is 6.63. The number of nitrogen functional groups attached to an aromatic ring is 1. The molecule has 4 rings (SSSR count). The van der Waals surface area contributed by atoms with Crippen molar-refractivity contribution in [1.29, 1.82) is 0 Å². The number of carbonyl (C=O) groups excluding carboxylic acids is 1. The molecule has 0 radical (unpaired) electrons. The van der Waals surface area contributed by atoms with Crippen LogP contribution < -0.4 is 5.73 Å². The van der Waals surface area contributed by atoms with E-state index in [9.17, 15) is 4.79 Å². The van der Waals surface area contributed by atoms with Gasteiger partial charge in [0.2, 0.25) is 0 Å². The Morgan fingerprint density at radius 1 is 0.970 bits per heavy atom. The van der Waals surface area contributed by atoms with Gasteiger partial charge in [-0.05, 0) is 48.1 Å². The van der Waals surface area contributed by atoms with Crippen LogP contribution in [0.15, 0.2) is 48.5 Å². The van der Waals surface area contributed by atoms with Gasteiger partial charge in [0.1, 0.15) is 16.9 Å². The molecule has 1 atom stereocenters. The molecule has 4 aromatic rings. The van der Waals surface area contributed by atoms with Crippen LogP contribution in [-0.4, -0.2) is 27.1 Å². The molecule has 172 valence electrons. The molecular weight excluding hydrogens is 412 g/mol. The van der Waals surface area contributed by atoms with E-state index in [4.69, 9.17) is 20.4 Å². The Labute approximate surface area is 194 Å². The number of anilines is 1. The molecule has 0 saturated heterocycles. The molecule has 0 amide bonds. The Hall–Kier alpha value is -3.41. The maximum atomic E-state index is 13.2. The summed E-state index contributed by atoms with van der Waals surface area (Å²) in [4.78, 5) is 22.8. The number of rotatable bonds is 8. The van der Waals surface area contributed by atoms with Gasteiger partial charge in [-0.15, -0.1) is 0 Å². The first kappa shape index (κ1) is 22.8. The number of hydrogen-bond donors (Lipinski definition) is 1. The van der Waals surface area contributed by atoms with Gasteiger partial charge in [-0.1, -0.05) is 64.8 Å². The van der Waals surface area contributed by atoms with Gasteiger partial charge in [0.25, 0.3) is 0 Å². The van der Waals surface area contributed by atoms with Gasteiger partial charge in [0.05, 0.1) is 17.6 Å². The summed E-state index contributed by atoms with van der Waals surface area (Å²) in [5, 5.41) is 0. The molecule has 0 aliphatic carbocycles. The van der Waals surface area contributed by atoms with E-state index in [1.54, 1.807) is 0 Å². The molecule has 0 aliphatic heterocycles. The molecule has 6 heteroatoms. The van der Waals surface area contributed by atoms with Crippen molar-refractivity contribution < 1.29 is 9.53 Å². The first-order chi connectivity index (χ1) is 16.0. The standard InChI is InChI=1S/C27H32N4O2/c1-5-17(4)19-12-14-20(15-13-19)31-25(28)23(27(32)33-16-18(6-2)7-3)24-26(31)30-22-11-9-8-10-21(22)29-24/h8-15,17-18H,5-7,16,28H2,1-4H3/t17-/m0/s1. The summed E-state index contributed by atoms with van der Waals surface area (Å²) in [6.07, 6.45) is 2.97. The fourth-order valence-corrected chi connectivity index (χ4v) is 4.10. The van der Waals surface area contributed by atoms with Crippen molar-refractivity contribution in [3.05, 3.63) is 59.7 Å². The van der Waals surface area contributed by atoms with Crippen molar-refractivity contribution in [2.75, 3.05) is 12.3 Å². The van der Waals surface area contributed by atoms with E-state index in [2.05, 4.69) is 39.8 Å². The highest BCUT2D eigenvalue weighted by Gasteiger charge is 2.26. The summed E-state index contributed by atoms with van der Waals surface area (Å²) in [6, 6.07) is 15.9. The number of fused-ring (bicyclic) bond motifs is 2. The zero-order chi connectivity index (χ0) is 23.5. The lowest BCUT2D eigenvalue weighted by molar-refractivity contribution is 0.0436. The van der Waals surface area contributed by atoms with Crippen LogP contribution in [0.2, 0.25) is 0 Å². The second-order valence-electron chi connectivity index (χ2n) is 8.66. The summed E-state index contributed by atoms with van der Waals surface area (Å²) in [7, 11) is 0. The third-order valence-corrected chi connectivity index (χ3v) is 6.64. The predicted octanol–water partition coefficient (Wildman–Crippen LogP) is 6.26. The number of aromatic nitrogens is 3. The maximum absolute atomic E-state index is 13.2. The summed E-state index contributed by atoms with van der Waals surface area (Å²) in [5.41, 5.74) is 11.4. The van der Waals surface area contributed by atoms with Crippen molar-refractivity contribution >= 4 is 34.0 Å². The average molecular weight is 445 g/mol. The topological polar surface area (TPSA) is 83.0 Å². The van der Waals surface area contributed by atoms with Gasteiger partial charge >= 0.3 is 5.97 Å². The van der Waals surface area contributed by atoms with E-state index in [1.807, 2.05) is 41.0 Å². The molecule has 0 fully saturated rings. The molecule has 6 nitrogen and oxygen atoms in total. The van der Waals surface area contributed by atoms with Crippen LogP contribution in [0.3, 0.4) is 0 Å². The Bertz CT molecular complexity index is 1270. The Balaban J connectivity index is 1.86. The van der Waals surface area contributed by atoms with Crippen LogP contribution in [0.25, 0.3) is 27.9 Å². The largest absolute Gasteiger partial charge is 0.462 e. The average Bonchev–Trinajstić information content (AvgIpc) is 3.13. The lowest BCUT2D eigenvalue weighted by Crippen LogP contribution is -2.15. The lowest BCUT2D eigenvalue weighted by atomic mass is 9.99. The van der Waals surface area contributed by atoms with Crippen molar-refractivity contribution in [2.45, 2.75) is 52.9 Å². The Morgan fingerprint density at radius 3 is 2.21 bits per heavy atom. The van der Waals surface area contributed by atoms with E-state index in [1.165, 1.54) is 5.56 Å². The number of ether oxygens (including phenoxy) is 1. The first-order valence-corrected chi connectivity index (χ1v) is 11.8. The van der Waals surface area contributed by atoms with E-state index in [-0.39, 0.29) is 5.56 Å². The smallest absolute Gasteiger partial charge is 0.344 e. The van der Waals surface area contributed by atoms with Crippen LogP contribution in [0.5, 0.6) is 0 Å². The fourth-order valence-electron chi connectivity index (χ4n) is 4.10. The lowest BCUT2D eigenvalue weighted by Gasteiger charge is -2.13. The van der Waals surface area contributed by atoms with E-state index >= 15 is 0 Å². The van der Waals surface area contributed by atoms with Gasteiger partial charge in [-0.25, -0.2) is 14.8 Å². The second kappa shape index (κ2) is 9.61. The quantitative estimate of drug-likeness (QED) is 0.324. The van der Waals surface area contributed by atoms with Gasteiger partial charge in [-0.2, -0.15) is 0 Å². The first-order valence-electron chi connectivity index (χ1n) is 11.8. The van der Waals surface area contributed by atoms with Crippen molar-refractivity contribution in [2.24, 2.45) is 5.92 Å². The molecule has 2 aromatic heterocycles. The van der Waals surface area contributed by atoms with Gasteiger partial charge in [-0.3, -0.25) is 4.57 Å². The highest BCUT2D eigenvalue weighted by molar-refractivity contribution is 6.09. The van der Waals surface area contributed by atoms with E-state index in [0.717, 1.165) is 30.5 Å². The number of benzene rings is 2. The van der Waals surface area contributed by atoms with E-state index in [0.29, 0.717) is 40.9 Å². The molecule has 33 heavy (non-hydrogen) atoms. The third-order valence-electron chi connectivity index (χ3n) is 6.64. The van der Waals surface area contributed by atoms with Crippen molar-refractivity contribution in [3.63, 3.8) is 0 Å². The van der Waals surface area contributed by atoms with Crippen molar-refractivity contribution in [3.8, 4) is 5.69 Å². The molecule has 0 spiro atoms. The highest BCUT2D eigenvalue weighted by atomic mass is 16.5. The van der Waals surface area contributed by atoms with E-state index < -0.39 is 5.97 Å². The van der Waals surface area contributed by atoms with Gasteiger partial charge in [0, 0.05) is 5.69 Å². The second-order valence-corrected chi connectivity index (χ2v) is 8.66. The minimum Gasteiger partial charge on any atom is -0.462 e. The number of hydrogen-bond acceptors (Lipinski definition) is 5. The SMILES string of the molecule is CCC(CC)COC(=O)c1c(N)n(-c2ccc([C@@H](C)CC)cc2)c2nc3ccccc3nc12. The number of nitrogens with two attached hydrogens (primary N) is 1. The molecule has 0 unspecified atom stereocenters. The third kappa shape index (κ3) is 4.30. The normalized spacial score (nSPS) is 12.5. The predicted molar refractivity (Wildman–Crippen MR) is 134 cm³/mol. The number of nitrogens with zero attached hydrogens (tertiary/aromatic N) is 3. The molecule has 0 bridgehead atoms. The zero-order valence-electron chi connectivity index (χ0n) is 19.8. The van der Waals surface area contributed by atoms with Crippen LogP contribution in [0, 0.1) is 5.92 Å². The Morgan fingerprint density at radius 2 is 1.61 bits per heavy atom. The molecule has 2 N–H and O–H groups in total. The van der Waals surface area contributed by atoms with Crippen LogP contribution in [0.4, 0.5) is 5.82 Å². The van der Waals surface area contributed by atoms with Gasteiger partial charge in [0.15, 0.2) is 5.65 Å². The van der Waals surface area contributed by atoms with Crippen LogP contribution in [-0.2, 0) is 4.74 Å². The molecule has 2 heterocycles. The van der Waals surface area contributed by atoms with Crippen LogP contribution in [0.1, 0.15) is 68.8 Å². The van der Waals surface area contributed by atoms with Crippen molar-refractivity contribution in [1.82, 2.24) is 14.5 Å². The highest BCUT2D eigenvalue weighted by Crippen LogP contribution is 2.32. The zero-order valence-corrected chi connectivity index (χ0v) is 19.8. The summed E-state index contributed by atoms with van der Waals surface area (Å²) in [5.74, 6) is 0.635. The number of carbonyl (C=O) groups is 1. The van der Waals surface area contributed by atoms with Gasteiger partial charge < -0.3 is 10.5 Å². The fraction of sp³-hybridized carbons (Fsp3) is 0.370. The summed E-state index contributed by atoms with van der Waals surface area (Å²) in [6.45, 7) is 8.95. The maximum Gasteiger partial charge on any atom is 0.344 e. The monoisotopic (exact) mass is 444 g/mol. The molecule has 0 aliphatic rings.